The second kappa shape index (κ2) is 5.68. The summed E-state index contributed by atoms with van der Waals surface area (Å²) in [5.74, 6) is -0.664. The second-order valence-electron chi connectivity index (χ2n) is 6.05. The molecule has 2 aliphatic rings. The molecule has 2 aliphatic carbocycles. The molecule has 1 amide bonds. The van der Waals surface area contributed by atoms with Crippen molar-refractivity contribution in [1.29, 1.82) is 0 Å². The lowest BCUT2D eigenvalue weighted by Crippen LogP contribution is -2.42. The number of aliphatic carboxylic acids is 1. The molecule has 1 aromatic carbocycles. The maximum Gasteiger partial charge on any atom is 0.326 e. The summed E-state index contributed by atoms with van der Waals surface area (Å²) in [6, 6.07) is 6.76. The Bertz CT molecular complexity index is 570. The Morgan fingerprint density at radius 2 is 2.05 bits per heavy atom. The van der Waals surface area contributed by atoms with E-state index in [0.29, 0.717) is 17.4 Å². The van der Waals surface area contributed by atoms with Crippen molar-refractivity contribution in [3.05, 3.63) is 34.9 Å². The van der Waals surface area contributed by atoms with E-state index in [0.717, 1.165) is 24.8 Å². The van der Waals surface area contributed by atoms with Crippen LogP contribution in [0.15, 0.2) is 24.3 Å². The van der Waals surface area contributed by atoms with Crippen molar-refractivity contribution in [3.8, 4) is 0 Å². The van der Waals surface area contributed by atoms with Crippen LogP contribution in [-0.4, -0.2) is 23.0 Å². The van der Waals surface area contributed by atoms with Crippen LogP contribution in [0.5, 0.6) is 0 Å². The Labute approximate surface area is 128 Å². The summed E-state index contributed by atoms with van der Waals surface area (Å²) in [5.41, 5.74) is 0.980. The first-order chi connectivity index (χ1) is 10.1. The molecule has 2 saturated carbocycles. The van der Waals surface area contributed by atoms with Gasteiger partial charge in [0.15, 0.2) is 0 Å². The standard InChI is InChI=1S/C16H18ClNO3/c17-13-4-2-1-3-10(13)11-8-12(11)15(19)18-14(16(20)21)7-9-5-6-9/h1-4,9,11-12,14H,5-8H2,(H,18,19)(H,20,21). The number of rotatable bonds is 6. The molecule has 112 valence electrons. The maximum atomic E-state index is 12.2. The molecule has 3 unspecified atom stereocenters. The van der Waals surface area contributed by atoms with Crippen LogP contribution >= 0.6 is 11.6 Å². The predicted octanol–water partition coefficient (Wildman–Crippen LogP) is 2.81. The zero-order valence-electron chi connectivity index (χ0n) is 11.6. The van der Waals surface area contributed by atoms with Crippen molar-refractivity contribution >= 4 is 23.5 Å². The van der Waals surface area contributed by atoms with Crippen molar-refractivity contribution in [3.63, 3.8) is 0 Å². The van der Waals surface area contributed by atoms with Crippen molar-refractivity contribution in [2.45, 2.75) is 37.6 Å². The topological polar surface area (TPSA) is 66.4 Å². The molecule has 0 aliphatic heterocycles. The highest BCUT2D eigenvalue weighted by Gasteiger charge is 2.46. The van der Waals surface area contributed by atoms with Gasteiger partial charge in [0.2, 0.25) is 5.91 Å². The van der Waals surface area contributed by atoms with E-state index in [-0.39, 0.29) is 17.7 Å². The van der Waals surface area contributed by atoms with Gasteiger partial charge in [-0.2, -0.15) is 0 Å². The number of halogens is 1. The van der Waals surface area contributed by atoms with E-state index in [4.69, 9.17) is 11.6 Å². The number of hydrogen-bond donors (Lipinski definition) is 2. The molecule has 5 heteroatoms. The number of hydrogen-bond acceptors (Lipinski definition) is 2. The number of amides is 1. The lowest BCUT2D eigenvalue weighted by atomic mass is 10.1. The van der Waals surface area contributed by atoms with Crippen LogP contribution in [0.4, 0.5) is 0 Å². The summed E-state index contributed by atoms with van der Waals surface area (Å²) in [6.45, 7) is 0. The average Bonchev–Trinajstić information content (AvgIpc) is 3.33. The third kappa shape index (κ3) is 3.38. The van der Waals surface area contributed by atoms with Gasteiger partial charge in [-0.25, -0.2) is 4.79 Å². The third-order valence-electron chi connectivity index (χ3n) is 4.31. The van der Waals surface area contributed by atoms with E-state index in [2.05, 4.69) is 5.32 Å². The summed E-state index contributed by atoms with van der Waals surface area (Å²) in [6.07, 6.45) is 3.44. The minimum Gasteiger partial charge on any atom is -0.480 e. The SMILES string of the molecule is O=C(O)C(CC1CC1)NC(=O)C1CC1c1ccccc1Cl. The summed E-state index contributed by atoms with van der Waals surface area (Å²) in [7, 11) is 0. The van der Waals surface area contributed by atoms with Gasteiger partial charge in [-0.3, -0.25) is 4.79 Å². The van der Waals surface area contributed by atoms with Crippen molar-refractivity contribution < 1.29 is 14.7 Å². The molecule has 0 saturated heterocycles. The lowest BCUT2D eigenvalue weighted by molar-refractivity contribution is -0.142. The first-order valence-corrected chi connectivity index (χ1v) is 7.71. The summed E-state index contributed by atoms with van der Waals surface area (Å²) >= 11 is 6.14. The molecular weight excluding hydrogens is 290 g/mol. The third-order valence-corrected chi connectivity index (χ3v) is 4.66. The van der Waals surface area contributed by atoms with Crippen LogP contribution in [0.3, 0.4) is 0 Å². The van der Waals surface area contributed by atoms with Gasteiger partial charge < -0.3 is 10.4 Å². The van der Waals surface area contributed by atoms with E-state index in [9.17, 15) is 14.7 Å². The van der Waals surface area contributed by atoms with Crippen LogP contribution < -0.4 is 5.32 Å². The van der Waals surface area contributed by atoms with E-state index in [1.54, 1.807) is 0 Å². The monoisotopic (exact) mass is 307 g/mol. The number of benzene rings is 1. The Morgan fingerprint density at radius 3 is 2.67 bits per heavy atom. The Morgan fingerprint density at radius 1 is 1.33 bits per heavy atom. The normalized spacial score (nSPS) is 25.2. The van der Waals surface area contributed by atoms with Crippen molar-refractivity contribution in [2.24, 2.45) is 11.8 Å². The summed E-state index contributed by atoms with van der Waals surface area (Å²) in [5, 5.41) is 12.6. The molecule has 0 spiro atoms. The minimum absolute atomic E-state index is 0.120. The van der Waals surface area contributed by atoms with E-state index < -0.39 is 12.0 Å². The molecule has 0 aromatic heterocycles. The number of carboxylic acid groups (broad SMARTS) is 1. The maximum absolute atomic E-state index is 12.2. The van der Waals surface area contributed by atoms with Crippen LogP contribution in [0, 0.1) is 11.8 Å². The Hall–Kier alpha value is -1.55. The molecule has 2 N–H and O–H groups in total. The molecule has 21 heavy (non-hydrogen) atoms. The van der Waals surface area contributed by atoms with Crippen molar-refractivity contribution in [2.75, 3.05) is 0 Å². The highest BCUT2D eigenvalue weighted by Crippen LogP contribution is 2.49. The minimum atomic E-state index is -0.940. The number of carbonyl (C=O) groups is 2. The lowest BCUT2D eigenvalue weighted by Gasteiger charge is -2.14. The van der Waals surface area contributed by atoms with Crippen LogP contribution in [-0.2, 0) is 9.59 Å². The fourth-order valence-corrected chi connectivity index (χ4v) is 3.07. The average molecular weight is 308 g/mol. The predicted molar refractivity (Wildman–Crippen MR) is 79.2 cm³/mol. The van der Waals surface area contributed by atoms with Crippen molar-refractivity contribution in [1.82, 2.24) is 5.32 Å². The van der Waals surface area contributed by atoms with Gasteiger partial charge in [0.1, 0.15) is 6.04 Å². The van der Waals surface area contributed by atoms with Gasteiger partial charge in [0.25, 0.3) is 0 Å². The van der Waals surface area contributed by atoms with E-state index in [1.165, 1.54) is 0 Å². The van der Waals surface area contributed by atoms with Crippen LogP contribution in [0.1, 0.15) is 37.2 Å². The smallest absolute Gasteiger partial charge is 0.326 e. The molecular formula is C16H18ClNO3. The highest BCUT2D eigenvalue weighted by molar-refractivity contribution is 6.31. The molecule has 1 aromatic rings. The first-order valence-electron chi connectivity index (χ1n) is 7.34. The summed E-state index contributed by atoms with van der Waals surface area (Å²) < 4.78 is 0. The van der Waals surface area contributed by atoms with Gasteiger partial charge in [0, 0.05) is 10.9 Å². The fraction of sp³-hybridized carbons (Fsp3) is 0.500. The first kappa shape index (κ1) is 14.4. The van der Waals surface area contributed by atoms with E-state index in [1.807, 2.05) is 24.3 Å². The largest absolute Gasteiger partial charge is 0.480 e. The fourth-order valence-electron chi connectivity index (χ4n) is 2.79. The Kier molecular flexibility index (Phi) is 3.89. The zero-order valence-corrected chi connectivity index (χ0v) is 12.3. The van der Waals surface area contributed by atoms with Crippen LogP contribution in [0.25, 0.3) is 0 Å². The number of nitrogens with one attached hydrogen (secondary N) is 1. The highest BCUT2D eigenvalue weighted by atomic mass is 35.5. The summed E-state index contributed by atoms with van der Waals surface area (Å²) in [4.78, 5) is 23.4. The van der Waals surface area contributed by atoms with E-state index >= 15 is 0 Å². The Balaban J connectivity index is 1.59. The molecule has 3 rings (SSSR count). The van der Waals surface area contributed by atoms with Gasteiger partial charge in [-0.15, -0.1) is 0 Å². The number of carbonyl (C=O) groups excluding carboxylic acids is 1. The number of carboxylic acids is 1. The zero-order chi connectivity index (χ0) is 15.0. The second-order valence-corrected chi connectivity index (χ2v) is 6.46. The van der Waals surface area contributed by atoms with Gasteiger partial charge >= 0.3 is 5.97 Å². The molecule has 0 radical (unpaired) electrons. The molecule has 4 nitrogen and oxygen atoms in total. The molecule has 0 bridgehead atoms. The van der Waals surface area contributed by atoms with Gasteiger partial charge in [-0.1, -0.05) is 42.6 Å². The van der Waals surface area contributed by atoms with Gasteiger partial charge in [0.05, 0.1) is 0 Å². The molecule has 0 heterocycles. The molecule has 3 atom stereocenters. The quantitative estimate of drug-likeness (QED) is 0.849. The van der Waals surface area contributed by atoms with Gasteiger partial charge in [-0.05, 0) is 36.3 Å². The molecule has 2 fully saturated rings. The van der Waals surface area contributed by atoms with Crippen LogP contribution in [0.2, 0.25) is 5.02 Å².